The molecule has 33 heavy (non-hydrogen) atoms. The van der Waals surface area contributed by atoms with Crippen molar-refractivity contribution in [2.24, 2.45) is 0 Å². The Bertz CT molecular complexity index is 1230. The molecule has 0 saturated carbocycles. The smallest absolute Gasteiger partial charge is 0.338 e. The van der Waals surface area contributed by atoms with Crippen LogP contribution in [-0.4, -0.2) is 23.9 Å². The van der Waals surface area contributed by atoms with Gasteiger partial charge in [0.25, 0.3) is 0 Å². The highest BCUT2D eigenvalue weighted by Gasteiger charge is 2.20. The largest absolute Gasteiger partial charge is 0.423 e. The van der Waals surface area contributed by atoms with E-state index in [1.807, 2.05) is 0 Å². The van der Waals surface area contributed by atoms with E-state index in [9.17, 15) is 19.2 Å². The van der Waals surface area contributed by atoms with Crippen LogP contribution in [0, 0.1) is 0 Å². The van der Waals surface area contributed by atoms with Crippen LogP contribution >= 0.6 is 0 Å². The van der Waals surface area contributed by atoms with E-state index in [1.165, 1.54) is 45.0 Å². The van der Waals surface area contributed by atoms with Crippen LogP contribution in [0.25, 0.3) is 10.8 Å². The Balaban J connectivity index is 2.76. The first-order valence-electron chi connectivity index (χ1n) is 9.52. The van der Waals surface area contributed by atoms with Gasteiger partial charge in [0.05, 0.1) is 0 Å². The molecule has 8 nitrogen and oxygen atoms in total. The van der Waals surface area contributed by atoms with Gasteiger partial charge in [0.2, 0.25) is 0 Å². The van der Waals surface area contributed by atoms with Crippen molar-refractivity contribution in [3.63, 3.8) is 0 Å². The Morgan fingerprint density at radius 2 is 1.15 bits per heavy atom. The molecule has 2 aromatic carbocycles. The van der Waals surface area contributed by atoms with E-state index in [-0.39, 0.29) is 39.7 Å². The zero-order valence-corrected chi connectivity index (χ0v) is 18.5. The molecular formula is C25H22O8. The lowest BCUT2D eigenvalue weighted by molar-refractivity contribution is -0.132. The van der Waals surface area contributed by atoms with E-state index >= 15 is 0 Å². The summed E-state index contributed by atoms with van der Waals surface area (Å²) in [6, 6.07) is 5.45. The molecule has 0 N–H and O–H groups in total. The van der Waals surface area contributed by atoms with E-state index in [2.05, 4.69) is 26.3 Å². The molecule has 0 fully saturated rings. The molecule has 2 aromatic rings. The summed E-state index contributed by atoms with van der Waals surface area (Å²) in [6.07, 6.45) is 0.930. The van der Waals surface area contributed by atoms with Gasteiger partial charge >= 0.3 is 23.9 Å². The zero-order valence-electron chi connectivity index (χ0n) is 18.5. The summed E-state index contributed by atoms with van der Waals surface area (Å²) in [6.45, 7) is 18.3. The Labute approximate surface area is 190 Å². The quantitative estimate of drug-likeness (QED) is 0.332. The number of esters is 4. The molecular weight excluding hydrogens is 428 g/mol. The average molecular weight is 450 g/mol. The van der Waals surface area contributed by atoms with Crippen LogP contribution in [0.4, 0.5) is 0 Å². The fraction of sp³-hybridized carbons (Fsp3) is 0.120. The lowest BCUT2D eigenvalue weighted by atomic mass is 10.1. The summed E-state index contributed by atoms with van der Waals surface area (Å²) in [7, 11) is 0. The Kier molecular flexibility index (Phi) is 7.69. The molecule has 0 unspecified atom stereocenters. The molecule has 0 aliphatic carbocycles. The van der Waals surface area contributed by atoms with Crippen LogP contribution in [0.2, 0.25) is 0 Å². The fourth-order valence-corrected chi connectivity index (χ4v) is 2.33. The second-order valence-electron chi connectivity index (χ2n) is 7.08. The first kappa shape index (κ1) is 24.8. The molecule has 0 spiro atoms. The highest BCUT2D eigenvalue weighted by molar-refractivity contribution is 5.99. The van der Waals surface area contributed by atoms with E-state index in [0.29, 0.717) is 10.8 Å². The number of hydrogen-bond donors (Lipinski definition) is 0. The molecule has 0 aliphatic rings. The first-order valence-corrected chi connectivity index (χ1v) is 9.52. The zero-order chi connectivity index (χ0) is 24.9. The third-order valence-electron chi connectivity index (χ3n) is 3.99. The standard InChI is InChI=1S/C25H22O8/c1-8-22(26)31-20-10-16-9-17(30-23(27)13(2)3)11-19(32-24(28)14(4)5)18(16)12-21(20)33-25(29)15(6)7/h8-12H,1-2,4,6H2,3,5,7H3. The van der Waals surface area contributed by atoms with E-state index in [0.717, 1.165) is 6.08 Å². The van der Waals surface area contributed by atoms with Crippen LogP contribution < -0.4 is 18.9 Å². The van der Waals surface area contributed by atoms with Crippen molar-refractivity contribution in [2.75, 3.05) is 0 Å². The molecule has 8 heteroatoms. The van der Waals surface area contributed by atoms with Crippen molar-refractivity contribution in [3.05, 3.63) is 73.4 Å². The summed E-state index contributed by atoms with van der Waals surface area (Å²) in [4.78, 5) is 48.1. The van der Waals surface area contributed by atoms with Crippen molar-refractivity contribution >= 4 is 34.6 Å². The number of ether oxygens (including phenoxy) is 4. The molecule has 0 aromatic heterocycles. The van der Waals surface area contributed by atoms with Gasteiger partial charge in [-0.3, -0.25) is 0 Å². The Morgan fingerprint density at radius 3 is 1.67 bits per heavy atom. The molecule has 0 saturated heterocycles. The van der Waals surface area contributed by atoms with Gasteiger partial charge in [-0.15, -0.1) is 0 Å². The van der Waals surface area contributed by atoms with Gasteiger partial charge in [0.15, 0.2) is 11.5 Å². The predicted molar refractivity (Wildman–Crippen MR) is 121 cm³/mol. The van der Waals surface area contributed by atoms with E-state index in [1.54, 1.807) is 0 Å². The second kappa shape index (κ2) is 10.2. The van der Waals surface area contributed by atoms with Gasteiger partial charge in [0, 0.05) is 34.2 Å². The van der Waals surface area contributed by atoms with Gasteiger partial charge in [-0.05, 0) is 44.4 Å². The van der Waals surface area contributed by atoms with Crippen molar-refractivity contribution < 1.29 is 38.1 Å². The molecule has 0 heterocycles. The molecule has 0 radical (unpaired) electrons. The number of carbonyl (C=O) groups excluding carboxylic acids is 4. The van der Waals surface area contributed by atoms with Gasteiger partial charge in [-0.1, -0.05) is 26.3 Å². The second-order valence-corrected chi connectivity index (χ2v) is 7.08. The maximum absolute atomic E-state index is 12.2. The summed E-state index contributed by atoms with van der Waals surface area (Å²) in [5.74, 6) is -3.24. The molecule has 170 valence electrons. The molecule has 0 atom stereocenters. The van der Waals surface area contributed by atoms with Crippen LogP contribution in [0.3, 0.4) is 0 Å². The number of rotatable bonds is 8. The normalized spacial score (nSPS) is 10.0. The van der Waals surface area contributed by atoms with Crippen LogP contribution in [0.5, 0.6) is 23.0 Å². The van der Waals surface area contributed by atoms with Crippen LogP contribution in [-0.2, 0) is 19.2 Å². The van der Waals surface area contributed by atoms with Gasteiger partial charge in [0.1, 0.15) is 11.5 Å². The topological polar surface area (TPSA) is 105 Å². The number of fused-ring (bicyclic) bond motifs is 1. The van der Waals surface area contributed by atoms with E-state index < -0.39 is 23.9 Å². The van der Waals surface area contributed by atoms with Gasteiger partial charge < -0.3 is 18.9 Å². The first-order chi connectivity index (χ1) is 15.4. The SMILES string of the molecule is C=CC(=O)Oc1cc2cc(OC(=O)C(=C)C)cc(OC(=O)C(=C)C)c2cc1OC(=O)C(=C)C. The Hall–Kier alpha value is -4.46. The third-order valence-corrected chi connectivity index (χ3v) is 3.99. The summed E-state index contributed by atoms with van der Waals surface area (Å²) in [5, 5.41) is 0.635. The minimum Gasteiger partial charge on any atom is -0.423 e. The summed E-state index contributed by atoms with van der Waals surface area (Å²) in [5.41, 5.74) is 0.378. The van der Waals surface area contributed by atoms with Crippen LogP contribution in [0.15, 0.2) is 73.4 Å². The molecule has 2 rings (SSSR count). The minimum absolute atomic E-state index is 0.0146. The van der Waals surface area contributed by atoms with E-state index in [4.69, 9.17) is 18.9 Å². The van der Waals surface area contributed by atoms with Crippen LogP contribution in [0.1, 0.15) is 20.8 Å². The molecule has 0 amide bonds. The monoisotopic (exact) mass is 450 g/mol. The fourth-order valence-electron chi connectivity index (χ4n) is 2.33. The third kappa shape index (κ3) is 6.27. The summed E-state index contributed by atoms with van der Waals surface area (Å²) >= 11 is 0. The van der Waals surface area contributed by atoms with Crippen molar-refractivity contribution in [2.45, 2.75) is 20.8 Å². The molecule has 0 aliphatic heterocycles. The van der Waals surface area contributed by atoms with Crippen molar-refractivity contribution in [3.8, 4) is 23.0 Å². The molecule has 0 bridgehead atoms. The van der Waals surface area contributed by atoms with Gasteiger partial charge in [-0.25, -0.2) is 19.2 Å². The van der Waals surface area contributed by atoms with Gasteiger partial charge in [-0.2, -0.15) is 0 Å². The number of hydrogen-bond acceptors (Lipinski definition) is 8. The maximum Gasteiger partial charge on any atom is 0.338 e. The predicted octanol–water partition coefficient (Wildman–Crippen LogP) is 4.38. The maximum atomic E-state index is 12.2. The number of benzene rings is 2. The summed E-state index contributed by atoms with van der Waals surface area (Å²) < 4.78 is 21.1. The van der Waals surface area contributed by atoms with Crippen molar-refractivity contribution in [1.82, 2.24) is 0 Å². The number of carbonyl (C=O) groups is 4. The lowest BCUT2D eigenvalue weighted by Crippen LogP contribution is -2.12. The van der Waals surface area contributed by atoms with Crippen molar-refractivity contribution in [1.29, 1.82) is 0 Å². The minimum atomic E-state index is -0.805. The highest BCUT2D eigenvalue weighted by atomic mass is 16.6. The lowest BCUT2D eigenvalue weighted by Gasteiger charge is -2.15. The average Bonchev–Trinajstić information content (AvgIpc) is 2.73. The highest BCUT2D eigenvalue weighted by Crippen LogP contribution is 2.40. The Morgan fingerprint density at radius 1 is 0.667 bits per heavy atom.